The zero-order valence-electron chi connectivity index (χ0n) is 58.6. The summed E-state index contributed by atoms with van der Waals surface area (Å²) in [4.78, 5) is 0. The molecule has 0 radical (unpaired) electrons. The van der Waals surface area contributed by atoms with Crippen LogP contribution >= 0.6 is 0 Å². The molecule has 6 nitrogen and oxygen atoms in total. The van der Waals surface area contributed by atoms with E-state index in [0.29, 0.717) is 51.5 Å². The van der Waals surface area contributed by atoms with E-state index < -0.39 is 22.5 Å². The number of aromatic nitrogens is 2. The van der Waals surface area contributed by atoms with Gasteiger partial charge in [-0.3, -0.25) is 0 Å². The van der Waals surface area contributed by atoms with Gasteiger partial charge in [0.05, 0.1) is 57.8 Å². The fraction of sp³-hybridized carbons (Fsp3) is 0.422. The molecule has 0 amide bonds. The van der Waals surface area contributed by atoms with Crippen molar-refractivity contribution in [2.24, 2.45) is 10.8 Å². The molecular formula is C83H100F2N2O4. The Hall–Kier alpha value is -7.58. The van der Waals surface area contributed by atoms with Gasteiger partial charge in [-0.1, -0.05) is 225 Å². The minimum absolute atomic E-state index is 0.0261. The van der Waals surface area contributed by atoms with Crippen LogP contribution in [0.1, 0.15) is 205 Å². The maximum absolute atomic E-state index is 15.9. The van der Waals surface area contributed by atoms with Gasteiger partial charge in [-0.05, 0) is 150 Å². The summed E-state index contributed by atoms with van der Waals surface area (Å²) in [6.07, 6.45) is 1.87. The highest BCUT2D eigenvalue weighted by molar-refractivity contribution is 6.11. The van der Waals surface area contributed by atoms with Crippen molar-refractivity contribution in [1.82, 2.24) is 9.13 Å². The van der Waals surface area contributed by atoms with Crippen LogP contribution in [0.15, 0.2) is 133 Å². The van der Waals surface area contributed by atoms with Gasteiger partial charge >= 0.3 is 0 Å². The zero-order valence-corrected chi connectivity index (χ0v) is 58.6. The first-order valence-electron chi connectivity index (χ1n) is 32.8. The van der Waals surface area contributed by atoms with E-state index in [9.17, 15) is 10.2 Å². The summed E-state index contributed by atoms with van der Waals surface area (Å²) in [6, 6.07) is 43.8. The minimum Gasteiger partial charge on any atom is -0.505 e. The van der Waals surface area contributed by atoms with Gasteiger partial charge in [-0.25, -0.2) is 8.78 Å². The quantitative estimate of drug-likeness (QED) is 0.106. The molecule has 10 aromatic rings. The maximum Gasteiger partial charge on any atom is 0.151 e. The Balaban J connectivity index is 1.16. The Bertz CT molecular complexity index is 4000. The van der Waals surface area contributed by atoms with Gasteiger partial charge in [0, 0.05) is 39.1 Å². The fourth-order valence-electron chi connectivity index (χ4n) is 14.4. The van der Waals surface area contributed by atoms with E-state index in [-0.39, 0.29) is 57.2 Å². The third-order valence-corrected chi connectivity index (χ3v) is 18.4. The average Bonchev–Trinajstić information content (AvgIpc) is 1.65. The third kappa shape index (κ3) is 13.3. The van der Waals surface area contributed by atoms with Gasteiger partial charge in [0.2, 0.25) is 0 Å². The number of fused-ring (bicyclic) bond motifs is 6. The molecule has 2 aromatic heterocycles. The molecule has 0 spiro atoms. The standard InChI is InChI=1S/C83H100F2N2O4/c1-76(2,3)48-82(19,20)62-46-68(86-64-42-52(78(7,8)9)30-34-58(64)59-35-31-53(43-65(59)86)79(10,11)12)72(88)70(50-26-23-28-56(84)40-50)74(62)90-38-25-39-91-75-63(83(21,22)49-77(4,5)6)47-69(73(89)71(75)51-27-24-29-57(85)41-51)87-66-44-54(80(13,14)15)32-36-60(66)61-37-33-55(45-67(61)87)81(16,17)18/h23-24,26-37,40-47,88-89H,25,38-39,48-49H2,1-22H3. The number of phenolic OH excluding ortho intramolecular Hbond substituents is 2. The first-order chi connectivity index (χ1) is 42.0. The number of rotatable bonds is 14. The molecule has 0 unspecified atom stereocenters. The van der Waals surface area contributed by atoms with E-state index in [4.69, 9.17) is 9.47 Å². The Morgan fingerprint density at radius 2 is 0.648 bits per heavy atom. The molecular weight excluding hydrogens is 1130 g/mol. The monoisotopic (exact) mass is 1230 g/mol. The SMILES string of the molecule is CC(C)(C)CC(C)(C)c1cc(-n2c3cc(C(C)(C)C)ccc3c3ccc(C(C)(C)C)cc32)c(O)c(-c2cccc(F)c2)c1OCCCOc1c(C(C)(C)CC(C)(C)C)cc(-n2c3cc(C(C)(C)C)ccc3c3ccc(C(C)(C)C)cc32)c(O)c1-c1cccc(F)c1. The van der Waals surface area contributed by atoms with Crippen LogP contribution in [-0.2, 0) is 32.5 Å². The second-order valence-corrected chi connectivity index (χ2v) is 33.9. The van der Waals surface area contributed by atoms with E-state index in [1.165, 1.54) is 24.3 Å². The van der Waals surface area contributed by atoms with Crippen molar-refractivity contribution in [2.75, 3.05) is 13.2 Å². The van der Waals surface area contributed by atoms with E-state index >= 15 is 8.78 Å². The summed E-state index contributed by atoms with van der Waals surface area (Å²) < 4.78 is 50.6. The van der Waals surface area contributed by atoms with Crippen LogP contribution in [0.5, 0.6) is 23.0 Å². The van der Waals surface area contributed by atoms with Crippen molar-refractivity contribution in [3.8, 4) is 56.6 Å². The van der Waals surface area contributed by atoms with Crippen molar-refractivity contribution in [1.29, 1.82) is 0 Å². The Labute approximate surface area is 541 Å². The Morgan fingerprint density at radius 3 is 0.901 bits per heavy atom. The molecule has 0 aliphatic rings. The molecule has 0 fully saturated rings. The van der Waals surface area contributed by atoms with Gasteiger partial charge in [-0.2, -0.15) is 0 Å². The first kappa shape index (κ1) is 66.3. The molecule has 0 aliphatic carbocycles. The van der Waals surface area contributed by atoms with Crippen molar-refractivity contribution >= 4 is 43.6 Å². The lowest BCUT2D eigenvalue weighted by atomic mass is 9.71. The van der Waals surface area contributed by atoms with Gasteiger partial charge in [0.15, 0.2) is 11.5 Å². The van der Waals surface area contributed by atoms with Gasteiger partial charge in [0.1, 0.15) is 23.1 Å². The minimum atomic E-state index is -0.549. The molecule has 0 saturated heterocycles. The highest BCUT2D eigenvalue weighted by Crippen LogP contribution is 2.55. The number of benzene rings is 8. The molecule has 8 aromatic carbocycles. The second-order valence-electron chi connectivity index (χ2n) is 33.9. The lowest BCUT2D eigenvalue weighted by molar-refractivity contribution is 0.231. The predicted octanol–water partition coefficient (Wildman–Crippen LogP) is 23.4. The lowest BCUT2D eigenvalue weighted by Crippen LogP contribution is -2.26. The largest absolute Gasteiger partial charge is 0.505 e. The molecule has 2 N–H and O–H groups in total. The number of phenols is 2. The molecule has 2 heterocycles. The number of ether oxygens (including phenoxy) is 2. The molecule has 8 heteroatoms. The molecule has 91 heavy (non-hydrogen) atoms. The molecule has 480 valence electrons. The Kier molecular flexibility index (Phi) is 16.9. The summed E-state index contributed by atoms with van der Waals surface area (Å²) in [7, 11) is 0. The summed E-state index contributed by atoms with van der Waals surface area (Å²) in [6.45, 7) is 49.3. The maximum atomic E-state index is 15.9. The van der Waals surface area contributed by atoms with Crippen molar-refractivity contribution in [2.45, 2.75) is 204 Å². The molecule has 0 aliphatic heterocycles. The van der Waals surface area contributed by atoms with Gasteiger partial charge < -0.3 is 28.8 Å². The lowest BCUT2D eigenvalue weighted by Gasteiger charge is -2.36. The Morgan fingerprint density at radius 1 is 0.363 bits per heavy atom. The van der Waals surface area contributed by atoms with Crippen LogP contribution in [0.3, 0.4) is 0 Å². The fourth-order valence-corrected chi connectivity index (χ4v) is 14.4. The molecule has 0 atom stereocenters. The van der Waals surface area contributed by atoms with Crippen LogP contribution in [0.4, 0.5) is 8.78 Å². The highest BCUT2D eigenvalue weighted by atomic mass is 19.1. The van der Waals surface area contributed by atoms with Gasteiger partial charge in [-0.15, -0.1) is 0 Å². The number of hydrogen-bond acceptors (Lipinski definition) is 4. The predicted molar refractivity (Wildman–Crippen MR) is 380 cm³/mol. The topological polar surface area (TPSA) is 68.8 Å². The second kappa shape index (κ2) is 23.2. The zero-order chi connectivity index (χ0) is 66.7. The van der Waals surface area contributed by atoms with Crippen LogP contribution in [0, 0.1) is 22.5 Å². The molecule has 10 rings (SSSR count). The summed E-state index contributed by atoms with van der Waals surface area (Å²) in [5.74, 6) is 0.0166. The number of hydrogen-bond donors (Lipinski definition) is 2. The van der Waals surface area contributed by atoms with Crippen LogP contribution in [0.25, 0.3) is 77.2 Å². The van der Waals surface area contributed by atoms with E-state index in [0.717, 1.165) is 89.8 Å². The smallest absolute Gasteiger partial charge is 0.151 e. The van der Waals surface area contributed by atoms with E-state index in [1.54, 1.807) is 12.1 Å². The van der Waals surface area contributed by atoms with Gasteiger partial charge in [0.25, 0.3) is 0 Å². The van der Waals surface area contributed by atoms with Crippen LogP contribution < -0.4 is 9.47 Å². The highest BCUT2D eigenvalue weighted by Gasteiger charge is 2.38. The summed E-state index contributed by atoms with van der Waals surface area (Å²) in [5.41, 5.74) is 11.1. The number of nitrogens with zero attached hydrogens (tertiary/aromatic N) is 2. The van der Waals surface area contributed by atoms with E-state index in [2.05, 4.69) is 246 Å². The van der Waals surface area contributed by atoms with Crippen molar-refractivity contribution in [3.63, 3.8) is 0 Å². The van der Waals surface area contributed by atoms with Crippen LogP contribution in [-0.4, -0.2) is 32.6 Å². The van der Waals surface area contributed by atoms with Crippen molar-refractivity contribution in [3.05, 3.63) is 178 Å². The van der Waals surface area contributed by atoms with E-state index in [1.807, 2.05) is 12.1 Å². The number of aromatic hydroxyl groups is 2. The van der Waals surface area contributed by atoms with Crippen LogP contribution in [0.2, 0.25) is 0 Å². The number of halogens is 2. The molecule has 0 saturated carbocycles. The summed E-state index contributed by atoms with van der Waals surface area (Å²) >= 11 is 0. The summed E-state index contributed by atoms with van der Waals surface area (Å²) in [5, 5.41) is 31.1. The van der Waals surface area contributed by atoms with Crippen molar-refractivity contribution < 1.29 is 28.5 Å². The average molecular weight is 1230 g/mol. The first-order valence-corrected chi connectivity index (χ1v) is 32.8. The normalized spacial score (nSPS) is 13.4. The third-order valence-electron chi connectivity index (χ3n) is 18.4. The molecule has 0 bridgehead atoms.